The van der Waals surface area contributed by atoms with Gasteiger partial charge < -0.3 is 0 Å². The van der Waals surface area contributed by atoms with Crippen molar-refractivity contribution >= 4 is 54.3 Å². The molecule has 2 N–H and O–H groups in total. The topological polar surface area (TPSA) is 111 Å². The molecule has 0 aliphatic carbocycles. The summed E-state index contributed by atoms with van der Waals surface area (Å²) in [4.78, 5) is 50.3. The third-order valence-corrected chi connectivity index (χ3v) is 15.4. The quantitative estimate of drug-likeness (QED) is 0.158. The van der Waals surface area contributed by atoms with Crippen molar-refractivity contribution in [3.63, 3.8) is 0 Å². The van der Waals surface area contributed by atoms with Crippen molar-refractivity contribution in [2.75, 3.05) is 10.6 Å². The Balaban J connectivity index is 2.10. The molecule has 0 aliphatic rings. The van der Waals surface area contributed by atoms with E-state index in [1.807, 2.05) is 13.8 Å². The summed E-state index contributed by atoms with van der Waals surface area (Å²) in [5.74, 6) is 2.36. The van der Waals surface area contributed by atoms with Gasteiger partial charge >= 0.3 is 247 Å². The van der Waals surface area contributed by atoms with Crippen molar-refractivity contribution in [3.8, 4) is 24.7 Å². The number of amides is 2. The number of unbranched alkanes of at least 4 members (excludes halogenated alkanes) is 2. The van der Waals surface area contributed by atoms with Crippen LogP contribution in [0.4, 0.5) is 11.4 Å². The van der Waals surface area contributed by atoms with Gasteiger partial charge in [0.05, 0.1) is 0 Å². The fraction of sp³-hybridized carbons (Fsp3) is 0.250. The third kappa shape index (κ3) is 12.2. The number of hydrogen-bond donors (Lipinski definition) is 2. The Morgan fingerprint density at radius 3 is 1.51 bits per heavy atom. The average molecular weight is 661 g/mol. The molecule has 41 heavy (non-hydrogen) atoms. The van der Waals surface area contributed by atoms with E-state index in [4.69, 9.17) is 19.0 Å². The van der Waals surface area contributed by atoms with Gasteiger partial charge in [0.15, 0.2) is 0 Å². The second kappa shape index (κ2) is 17.4. The monoisotopic (exact) mass is 662 g/mol. The number of hydrogen-bond acceptors (Lipinski definition) is 6. The molecule has 0 aliphatic heterocycles. The molecule has 0 bridgehead atoms. The number of rotatable bonds is 14. The Kier molecular flexibility index (Phi) is 14.0. The van der Waals surface area contributed by atoms with Crippen LogP contribution in [0.25, 0.3) is 0 Å². The molecule has 2 aromatic rings. The molecule has 2 amide bonds. The number of carbonyl (C=O) groups is 4. The van der Waals surface area contributed by atoms with Crippen molar-refractivity contribution < 1.29 is 25.3 Å². The Morgan fingerprint density at radius 2 is 1.15 bits per heavy atom. The van der Waals surface area contributed by atoms with Crippen LogP contribution >= 0.6 is 0 Å². The SMILES string of the molecule is C#Cc1cccc(NC(=O)/C=C\C(=O)[O][Sn]([CH2]CCC)([CH2]CCC)[O]C(=O)/C=C\C(=O)Nc2cccc(C#C)c2)c1. The zero-order chi connectivity index (χ0) is 30.1. The molecule has 0 fully saturated rings. The van der Waals surface area contributed by atoms with Crippen molar-refractivity contribution in [2.24, 2.45) is 0 Å². The van der Waals surface area contributed by atoms with Crippen molar-refractivity contribution in [1.29, 1.82) is 0 Å². The van der Waals surface area contributed by atoms with Crippen LogP contribution in [-0.4, -0.2) is 43.0 Å². The fourth-order valence-electron chi connectivity index (χ4n) is 3.71. The van der Waals surface area contributed by atoms with Gasteiger partial charge in [0.1, 0.15) is 0 Å². The van der Waals surface area contributed by atoms with Gasteiger partial charge in [-0.2, -0.15) is 0 Å². The van der Waals surface area contributed by atoms with E-state index >= 15 is 0 Å². The second-order valence-electron chi connectivity index (χ2n) is 9.06. The van der Waals surface area contributed by atoms with Crippen molar-refractivity contribution in [1.82, 2.24) is 0 Å². The fourth-order valence-corrected chi connectivity index (χ4v) is 13.3. The average Bonchev–Trinajstić information content (AvgIpc) is 2.97. The van der Waals surface area contributed by atoms with Gasteiger partial charge in [-0.25, -0.2) is 0 Å². The van der Waals surface area contributed by atoms with E-state index in [1.165, 1.54) is 0 Å². The first-order valence-electron chi connectivity index (χ1n) is 13.3. The molecule has 0 unspecified atom stereocenters. The van der Waals surface area contributed by atoms with Gasteiger partial charge in [-0.05, 0) is 0 Å². The molecule has 8 nitrogen and oxygen atoms in total. The van der Waals surface area contributed by atoms with E-state index in [2.05, 4.69) is 22.5 Å². The summed E-state index contributed by atoms with van der Waals surface area (Å²) in [6.45, 7) is 3.97. The number of benzene rings is 2. The van der Waals surface area contributed by atoms with Gasteiger partial charge in [-0.1, -0.05) is 0 Å². The number of nitrogens with one attached hydrogen (secondary N) is 2. The molecule has 0 atom stereocenters. The molecule has 0 radical (unpaired) electrons. The first-order valence-corrected chi connectivity index (χ1v) is 19.7. The molecule has 0 heterocycles. The van der Waals surface area contributed by atoms with Gasteiger partial charge in [0, 0.05) is 0 Å². The Hall–Kier alpha value is -4.28. The van der Waals surface area contributed by atoms with E-state index < -0.39 is 43.0 Å². The summed E-state index contributed by atoms with van der Waals surface area (Å²) < 4.78 is 12.6. The molecule has 0 saturated heterocycles. The van der Waals surface area contributed by atoms with Gasteiger partial charge in [0.2, 0.25) is 0 Å². The predicted molar refractivity (Wildman–Crippen MR) is 162 cm³/mol. The van der Waals surface area contributed by atoms with Crippen LogP contribution in [0.15, 0.2) is 72.8 Å². The van der Waals surface area contributed by atoms with Crippen LogP contribution < -0.4 is 10.6 Å². The van der Waals surface area contributed by atoms with Crippen LogP contribution in [0, 0.1) is 24.7 Å². The van der Waals surface area contributed by atoms with E-state index in [9.17, 15) is 19.2 Å². The molecular weight excluding hydrogens is 627 g/mol. The second-order valence-corrected chi connectivity index (χ2v) is 18.3. The van der Waals surface area contributed by atoms with Gasteiger partial charge in [0.25, 0.3) is 0 Å². The predicted octanol–water partition coefficient (Wildman–Crippen LogP) is 5.47. The van der Waals surface area contributed by atoms with Crippen LogP contribution in [0.2, 0.25) is 8.87 Å². The summed E-state index contributed by atoms with van der Waals surface area (Å²) in [7, 11) is 0. The van der Waals surface area contributed by atoms with Crippen LogP contribution in [0.3, 0.4) is 0 Å². The summed E-state index contributed by atoms with van der Waals surface area (Å²) >= 11 is -4.32. The standard InChI is InChI=1S/2C12H9NO3.2C4H9.Sn/c2*1-2-9-4-3-5-10(8-9)13-11(14)6-7-12(15)16;2*1-3-4-2;/h2*1,3-8H,(H,13,14)(H,15,16);2*1,3-4H2,2H3;/q;;;;+2/p-2/b2*7-6-;;;. The third-order valence-electron chi connectivity index (χ3n) is 5.73. The van der Waals surface area contributed by atoms with Crippen molar-refractivity contribution in [3.05, 3.63) is 84.0 Å². The molecule has 9 heteroatoms. The van der Waals surface area contributed by atoms with Crippen molar-refractivity contribution in [2.45, 2.75) is 48.4 Å². The molecular formula is C32H34N2O6Sn. The van der Waals surface area contributed by atoms with Crippen LogP contribution in [0.5, 0.6) is 0 Å². The number of anilines is 2. The number of terminal acetylenes is 2. The molecule has 2 rings (SSSR count). The van der Waals surface area contributed by atoms with E-state index in [0.29, 0.717) is 44.2 Å². The maximum absolute atomic E-state index is 12.8. The van der Waals surface area contributed by atoms with E-state index in [0.717, 1.165) is 37.1 Å². The zero-order valence-electron chi connectivity index (χ0n) is 23.3. The zero-order valence-corrected chi connectivity index (χ0v) is 26.1. The first kappa shape index (κ1) is 32.9. The summed E-state index contributed by atoms with van der Waals surface area (Å²) in [5, 5.41) is 5.27. The van der Waals surface area contributed by atoms with Crippen LogP contribution in [-0.2, 0) is 25.3 Å². The Labute approximate surface area is 246 Å². The van der Waals surface area contributed by atoms with Gasteiger partial charge in [-0.15, -0.1) is 0 Å². The molecule has 0 spiro atoms. The minimum absolute atomic E-state index is 0.459. The molecule has 2 aromatic carbocycles. The van der Waals surface area contributed by atoms with E-state index in [1.54, 1.807) is 48.5 Å². The van der Waals surface area contributed by atoms with Crippen LogP contribution in [0.1, 0.15) is 50.7 Å². The Morgan fingerprint density at radius 1 is 0.732 bits per heavy atom. The first-order chi connectivity index (χ1) is 19.7. The molecule has 212 valence electrons. The summed E-state index contributed by atoms with van der Waals surface area (Å²) in [5.41, 5.74) is 2.17. The summed E-state index contributed by atoms with van der Waals surface area (Å²) in [6, 6.07) is 13.5. The minimum atomic E-state index is -4.32. The van der Waals surface area contributed by atoms with E-state index in [-0.39, 0.29) is 0 Å². The molecule has 0 aromatic heterocycles. The summed E-state index contributed by atoms with van der Waals surface area (Å²) in [6.07, 6.45) is 17.9. The normalized spacial score (nSPS) is 10.9. The van der Waals surface area contributed by atoms with Gasteiger partial charge in [-0.3, -0.25) is 0 Å². The maximum atomic E-state index is 12.8. The molecule has 0 saturated carbocycles. The number of carbonyl (C=O) groups excluding carboxylic acids is 4. The Bertz CT molecular complexity index is 1280.